The Bertz CT molecular complexity index is 704. The third-order valence-electron chi connectivity index (χ3n) is 4.19. The van der Waals surface area contributed by atoms with Crippen LogP contribution in [0.25, 0.3) is 0 Å². The van der Waals surface area contributed by atoms with Crippen molar-refractivity contribution in [2.24, 2.45) is 0 Å². The van der Waals surface area contributed by atoms with Crippen LogP contribution >= 0.6 is 0 Å². The Labute approximate surface area is 146 Å². The van der Waals surface area contributed by atoms with Gasteiger partial charge < -0.3 is 15.5 Å². The molecular formula is C17H23N5O3. The van der Waals surface area contributed by atoms with Gasteiger partial charge in [0.05, 0.1) is 36.8 Å². The number of aliphatic hydroxyl groups excluding tert-OH is 2. The number of aliphatic hydroxyl groups is 2. The molecule has 8 nitrogen and oxygen atoms in total. The number of nitrogens with one attached hydrogen (secondary N) is 1. The van der Waals surface area contributed by atoms with Gasteiger partial charge in [-0.2, -0.15) is 5.10 Å². The third-order valence-corrected chi connectivity index (χ3v) is 4.19. The van der Waals surface area contributed by atoms with Crippen LogP contribution in [0.1, 0.15) is 29.6 Å². The predicted octanol–water partition coefficient (Wildman–Crippen LogP) is -0.174. The summed E-state index contributed by atoms with van der Waals surface area (Å²) < 4.78 is 1.85. The lowest BCUT2D eigenvalue weighted by atomic mass is 10.2. The van der Waals surface area contributed by atoms with E-state index in [0.29, 0.717) is 25.3 Å². The van der Waals surface area contributed by atoms with Crippen LogP contribution in [0.3, 0.4) is 0 Å². The topological polar surface area (TPSA) is 104 Å². The van der Waals surface area contributed by atoms with E-state index in [-0.39, 0.29) is 12.5 Å². The van der Waals surface area contributed by atoms with Gasteiger partial charge in [0.15, 0.2) is 0 Å². The standard InChI is InChI=1S/C17H23N5O3/c23-12-16(24)15-8-14-10-21(6-3-7-22(14)20-15)11-17(25)19-9-13-4-1-2-5-18-13/h1-2,4-5,8,16,23-24H,3,6-7,9-12H2,(H,19,25)/t16-/m0/s1. The molecule has 0 bridgehead atoms. The SMILES string of the molecule is O=C(CN1CCCn2nc([C@@H](O)CO)cc2C1)NCc1ccccn1. The zero-order chi connectivity index (χ0) is 17.6. The lowest BCUT2D eigenvalue weighted by molar-refractivity contribution is -0.122. The van der Waals surface area contributed by atoms with E-state index in [4.69, 9.17) is 5.11 Å². The van der Waals surface area contributed by atoms with Crippen molar-refractivity contribution in [3.05, 3.63) is 47.5 Å². The fourth-order valence-electron chi connectivity index (χ4n) is 2.89. The summed E-state index contributed by atoms with van der Waals surface area (Å²) in [7, 11) is 0. The second kappa shape index (κ2) is 8.19. The van der Waals surface area contributed by atoms with E-state index in [2.05, 4.69) is 20.3 Å². The number of carbonyl (C=O) groups excluding carboxylic acids is 1. The van der Waals surface area contributed by atoms with Crippen LogP contribution in [-0.4, -0.2) is 55.5 Å². The zero-order valence-electron chi connectivity index (χ0n) is 14.0. The quantitative estimate of drug-likeness (QED) is 0.671. The van der Waals surface area contributed by atoms with Gasteiger partial charge in [0.1, 0.15) is 6.10 Å². The van der Waals surface area contributed by atoms with E-state index in [1.807, 2.05) is 22.9 Å². The van der Waals surface area contributed by atoms with Crippen LogP contribution in [0.2, 0.25) is 0 Å². The van der Waals surface area contributed by atoms with Crippen molar-refractivity contribution in [3.8, 4) is 0 Å². The maximum Gasteiger partial charge on any atom is 0.234 e. The highest BCUT2D eigenvalue weighted by atomic mass is 16.3. The van der Waals surface area contributed by atoms with E-state index in [1.165, 1.54) is 0 Å². The van der Waals surface area contributed by atoms with Crippen LogP contribution in [-0.2, 0) is 24.4 Å². The van der Waals surface area contributed by atoms with Gasteiger partial charge in [0.25, 0.3) is 0 Å². The zero-order valence-corrected chi connectivity index (χ0v) is 14.0. The van der Waals surface area contributed by atoms with Crippen LogP contribution in [0, 0.1) is 0 Å². The largest absolute Gasteiger partial charge is 0.393 e. The van der Waals surface area contributed by atoms with Crippen molar-refractivity contribution >= 4 is 5.91 Å². The summed E-state index contributed by atoms with van der Waals surface area (Å²) in [5.74, 6) is -0.0470. The molecule has 1 amide bonds. The number of aromatic nitrogens is 3. The second-order valence-corrected chi connectivity index (χ2v) is 6.14. The van der Waals surface area contributed by atoms with Crippen molar-refractivity contribution < 1.29 is 15.0 Å². The third kappa shape index (κ3) is 4.62. The van der Waals surface area contributed by atoms with E-state index in [1.54, 1.807) is 12.3 Å². The lowest BCUT2D eigenvalue weighted by Gasteiger charge is -2.18. The van der Waals surface area contributed by atoms with Crippen LogP contribution < -0.4 is 5.32 Å². The van der Waals surface area contributed by atoms with Crippen molar-refractivity contribution in [1.29, 1.82) is 0 Å². The number of carbonyl (C=O) groups is 1. The molecule has 3 N–H and O–H groups in total. The fraction of sp³-hybridized carbons (Fsp3) is 0.471. The van der Waals surface area contributed by atoms with Gasteiger partial charge in [-0.25, -0.2) is 0 Å². The molecule has 25 heavy (non-hydrogen) atoms. The van der Waals surface area contributed by atoms with Gasteiger partial charge in [0, 0.05) is 25.8 Å². The number of fused-ring (bicyclic) bond motifs is 1. The molecule has 3 rings (SSSR count). The normalized spacial score (nSPS) is 16.1. The molecule has 1 atom stereocenters. The molecule has 0 aliphatic carbocycles. The molecule has 0 aromatic carbocycles. The molecule has 2 aromatic rings. The number of nitrogens with zero attached hydrogens (tertiary/aromatic N) is 4. The Balaban J connectivity index is 1.56. The first kappa shape index (κ1) is 17.5. The van der Waals surface area contributed by atoms with Gasteiger partial charge in [-0.1, -0.05) is 6.07 Å². The minimum absolute atomic E-state index is 0.0470. The summed E-state index contributed by atoms with van der Waals surface area (Å²) in [6, 6.07) is 7.40. The van der Waals surface area contributed by atoms with Crippen LogP contribution in [0.5, 0.6) is 0 Å². The molecular weight excluding hydrogens is 322 g/mol. The molecule has 0 unspecified atom stereocenters. The molecule has 8 heteroatoms. The fourth-order valence-corrected chi connectivity index (χ4v) is 2.89. The van der Waals surface area contributed by atoms with Crippen molar-refractivity contribution in [3.63, 3.8) is 0 Å². The maximum atomic E-state index is 12.2. The first-order valence-electron chi connectivity index (χ1n) is 8.40. The minimum atomic E-state index is -0.963. The summed E-state index contributed by atoms with van der Waals surface area (Å²) in [4.78, 5) is 18.4. The molecule has 0 spiro atoms. The number of pyridine rings is 1. The summed E-state index contributed by atoms with van der Waals surface area (Å²) >= 11 is 0. The first-order chi connectivity index (χ1) is 12.2. The summed E-state index contributed by atoms with van der Waals surface area (Å²) in [5.41, 5.74) is 2.24. The number of rotatable bonds is 6. The minimum Gasteiger partial charge on any atom is -0.393 e. The Morgan fingerprint density at radius 3 is 3.00 bits per heavy atom. The van der Waals surface area contributed by atoms with E-state index < -0.39 is 6.10 Å². The average Bonchev–Trinajstić information content (AvgIpc) is 2.93. The van der Waals surface area contributed by atoms with Crippen molar-refractivity contribution in [2.45, 2.75) is 32.2 Å². The molecule has 3 heterocycles. The summed E-state index contributed by atoms with van der Waals surface area (Å²) in [6.07, 6.45) is 1.61. The molecule has 1 aliphatic heterocycles. The summed E-state index contributed by atoms with van der Waals surface area (Å²) in [6.45, 7) is 2.49. The van der Waals surface area contributed by atoms with Gasteiger partial charge in [-0.05, 0) is 24.6 Å². The van der Waals surface area contributed by atoms with Gasteiger partial charge in [-0.3, -0.25) is 19.4 Å². The second-order valence-electron chi connectivity index (χ2n) is 6.14. The Kier molecular flexibility index (Phi) is 5.75. The van der Waals surface area contributed by atoms with E-state index in [0.717, 1.165) is 30.9 Å². The van der Waals surface area contributed by atoms with Crippen molar-refractivity contribution in [2.75, 3.05) is 19.7 Å². The van der Waals surface area contributed by atoms with Crippen LogP contribution in [0.15, 0.2) is 30.5 Å². The number of hydrogen-bond donors (Lipinski definition) is 3. The van der Waals surface area contributed by atoms with Gasteiger partial charge in [0.2, 0.25) is 5.91 Å². The molecule has 0 radical (unpaired) electrons. The van der Waals surface area contributed by atoms with Gasteiger partial charge >= 0.3 is 0 Å². The lowest BCUT2D eigenvalue weighted by Crippen LogP contribution is -2.36. The highest BCUT2D eigenvalue weighted by molar-refractivity contribution is 5.77. The van der Waals surface area contributed by atoms with Crippen molar-refractivity contribution in [1.82, 2.24) is 25.0 Å². The number of aryl methyl sites for hydroxylation is 1. The molecule has 1 aliphatic rings. The molecule has 2 aromatic heterocycles. The monoisotopic (exact) mass is 345 g/mol. The molecule has 0 saturated carbocycles. The Morgan fingerprint density at radius 2 is 2.24 bits per heavy atom. The number of hydrogen-bond acceptors (Lipinski definition) is 6. The maximum absolute atomic E-state index is 12.2. The summed E-state index contributed by atoms with van der Waals surface area (Å²) in [5, 5.41) is 26.0. The van der Waals surface area contributed by atoms with E-state index >= 15 is 0 Å². The highest BCUT2D eigenvalue weighted by Crippen LogP contribution is 2.17. The Morgan fingerprint density at radius 1 is 1.36 bits per heavy atom. The number of amides is 1. The Hall–Kier alpha value is -2.29. The smallest absolute Gasteiger partial charge is 0.234 e. The average molecular weight is 345 g/mol. The molecule has 0 fully saturated rings. The van der Waals surface area contributed by atoms with Gasteiger partial charge in [-0.15, -0.1) is 0 Å². The first-order valence-corrected chi connectivity index (χ1v) is 8.40. The molecule has 134 valence electrons. The highest BCUT2D eigenvalue weighted by Gasteiger charge is 2.20. The van der Waals surface area contributed by atoms with Crippen LogP contribution in [0.4, 0.5) is 0 Å². The predicted molar refractivity (Wildman–Crippen MR) is 90.3 cm³/mol. The van der Waals surface area contributed by atoms with E-state index in [9.17, 15) is 9.90 Å². The molecule has 0 saturated heterocycles.